The van der Waals surface area contributed by atoms with Crippen LogP contribution in [0.2, 0.25) is 0 Å². The molecule has 1 fully saturated rings. The molecule has 0 aromatic carbocycles. The fourth-order valence-electron chi connectivity index (χ4n) is 3.75. The van der Waals surface area contributed by atoms with Crippen molar-refractivity contribution in [3.05, 3.63) is 16.0 Å². The van der Waals surface area contributed by atoms with E-state index >= 15 is 0 Å². The number of piperidine rings is 1. The minimum absolute atomic E-state index is 0.0441. The molecule has 2 aliphatic heterocycles. The van der Waals surface area contributed by atoms with E-state index in [0.29, 0.717) is 49.5 Å². The van der Waals surface area contributed by atoms with E-state index in [1.165, 1.54) is 29.7 Å². The standard InChI is InChI=1S/C18H25N3O6S2/c1-11(22)20-8-6-13-14(10-20)28-17(15(13)18(24)27-2)19-16(23)12-5-4-7-21(9-12)29(3,25)26/h12H,4-10H2,1-3H3,(H,19,23)/t12-/m1/s1. The van der Waals surface area contributed by atoms with Gasteiger partial charge in [-0.15, -0.1) is 11.3 Å². The van der Waals surface area contributed by atoms with Crippen LogP contribution < -0.4 is 5.32 Å². The first-order chi connectivity index (χ1) is 13.6. The number of methoxy groups -OCH3 is 1. The van der Waals surface area contributed by atoms with Crippen molar-refractivity contribution in [2.75, 3.05) is 38.3 Å². The average molecular weight is 444 g/mol. The van der Waals surface area contributed by atoms with Crippen LogP contribution in [0.25, 0.3) is 0 Å². The van der Waals surface area contributed by atoms with Crippen molar-refractivity contribution in [2.24, 2.45) is 5.92 Å². The van der Waals surface area contributed by atoms with Crippen LogP contribution in [0.4, 0.5) is 5.00 Å². The van der Waals surface area contributed by atoms with Gasteiger partial charge >= 0.3 is 5.97 Å². The molecule has 1 atom stereocenters. The molecule has 3 heterocycles. The third kappa shape index (κ3) is 4.62. The van der Waals surface area contributed by atoms with Crippen molar-refractivity contribution in [3.63, 3.8) is 0 Å². The van der Waals surface area contributed by atoms with Crippen molar-refractivity contribution in [1.29, 1.82) is 0 Å². The maximum Gasteiger partial charge on any atom is 0.341 e. The summed E-state index contributed by atoms with van der Waals surface area (Å²) in [5.74, 6) is -1.38. The van der Waals surface area contributed by atoms with E-state index in [9.17, 15) is 22.8 Å². The van der Waals surface area contributed by atoms with Gasteiger partial charge < -0.3 is 15.0 Å². The molecule has 3 rings (SSSR count). The number of fused-ring (bicyclic) bond motifs is 1. The Morgan fingerprint density at radius 3 is 2.59 bits per heavy atom. The van der Waals surface area contributed by atoms with Crippen LogP contribution in [0.5, 0.6) is 0 Å². The Kier molecular flexibility index (Phi) is 6.30. The first-order valence-corrected chi connectivity index (χ1v) is 12.0. The smallest absolute Gasteiger partial charge is 0.341 e. The maximum absolute atomic E-state index is 12.8. The molecule has 1 aromatic heterocycles. The summed E-state index contributed by atoms with van der Waals surface area (Å²) >= 11 is 1.27. The molecule has 0 radical (unpaired) electrons. The van der Waals surface area contributed by atoms with Gasteiger partial charge in [-0.1, -0.05) is 0 Å². The van der Waals surface area contributed by atoms with E-state index in [2.05, 4.69) is 5.32 Å². The molecule has 9 nitrogen and oxygen atoms in total. The molecule has 2 amide bonds. The van der Waals surface area contributed by atoms with Crippen LogP contribution in [-0.2, 0) is 37.3 Å². The monoisotopic (exact) mass is 443 g/mol. The van der Waals surface area contributed by atoms with E-state index < -0.39 is 21.9 Å². The van der Waals surface area contributed by atoms with E-state index in [1.807, 2.05) is 0 Å². The van der Waals surface area contributed by atoms with Crippen LogP contribution in [0, 0.1) is 5.92 Å². The summed E-state index contributed by atoms with van der Waals surface area (Å²) in [6.45, 7) is 2.92. The Bertz CT molecular complexity index is 940. The molecule has 0 unspecified atom stereocenters. The molecular weight excluding hydrogens is 418 g/mol. The van der Waals surface area contributed by atoms with Crippen LogP contribution >= 0.6 is 11.3 Å². The highest BCUT2D eigenvalue weighted by atomic mass is 32.2. The van der Waals surface area contributed by atoms with Gasteiger partial charge in [0.05, 0.1) is 31.4 Å². The summed E-state index contributed by atoms with van der Waals surface area (Å²) in [5.41, 5.74) is 1.14. The first kappa shape index (κ1) is 21.7. The lowest BCUT2D eigenvalue weighted by Crippen LogP contribution is -2.43. The van der Waals surface area contributed by atoms with Crippen LogP contribution in [-0.4, -0.2) is 68.4 Å². The van der Waals surface area contributed by atoms with E-state index in [0.717, 1.165) is 16.7 Å². The molecule has 0 bridgehead atoms. The first-order valence-electron chi connectivity index (χ1n) is 9.36. The second-order valence-corrected chi connectivity index (χ2v) is 10.4. The highest BCUT2D eigenvalue weighted by Gasteiger charge is 2.33. The van der Waals surface area contributed by atoms with Crippen molar-refractivity contribution >= 4 is 44.1 Å². The number of sulfonamides is 1. The van der Waals surface area contributed by atoms with Gasteiger partial charge in [-0.3, -0.25) is 9.59 Å². The quantitative estimate of drug-likeness (QED) is 0.696. The molecule has 1 N–H and O–H groups in total. The largest absolute Gasteiger partial charge is 0.465 e. The number of carbonyl (C=O) groups is 3. The summed E-state index contributed by atoms with van der Waals surface area (Å²) < 4.78 is 29.9. The van der Waals surface area contributed by atoms with E-state index in [1.54, 1.807) is 4.90 Å². The molecule has 0 spiro atoms. The average Bonchev–Trinajstić information content (AvgIpc) is 3.03. The summed E-state index contributed by atoms with van der Waals surface area (Å²) in [7, 11) is -2.08. The third-order valence-electron chi connectivity index (χ3n) is 5.35. The second kappa shape index (κ2) is 8.41. The Morgan fingerprint density at radius 2 is 1.97 bits per heavy atom. The second-order valence-electron chi connectivity index (χ2n) is 7.34. The van der Waals surface area contributed by atoms with E-state index in [4.69, 9.17) is 4.74 Å². The lowest BCUT2D eigenvalue weighted by molar-refractivity contribution is -0.129. The SMILES string of the molecule is COC(=O)c1c(NC(=O)[C@@H]2CCCN(S(C)(=O)=O)C2)sc2c1CCN(C(C)=O)C2. The van der Waals surface area contributed by atoms with Crippen LogP contribution in [0.15, 0.2) is 0 Å². The van der Waals surface area contributed by atoms with Crippen LogP contribution in [0.3, 0.4) is 0 Å². The fourth-order valence-corrected chi connectivity index (χ4v) is 5.92. The summed E-state index contributed by atoms with van der Waals surface area (Å²) in [6.07, 6.45) is 2.83. The number of nitrogens with one attached hydrogen (secondary N) is 1. The number of nitrogens with zero attached hydrogens (tertiary/aromatic N) is 2. The summed E-state index contributed by atoms with van der Waals surface area (Å²) in [5, 5.41) is 3.22. The van der Waals surface area contributed by atoms with Gasteiger partial charge in [0.25, 0.3) is 0 Å². The number of amides is 2. The molecule has 160 valence electrons. The minimum atomic E-state index is -3.36. The number of ether oxygens (including phenoxy) is 1. The summed E-state index contributed by atoms with van der Waals surface area (Å²) in [4.78, 5) is 39.5. The highest BCUT2D eigenvalue weighted by Crippen LogP contribution is 2.38. The fraction of sp³-hybridized carbons (Fsp3) is 0.611. The lowest BCUT2D eigenvalue weighted by atomic mass is 9.98. The zero-order chi connectivity index (χ0) is 21.3. The van der Waals surface area contributed by atoms with Gasteiger partial charge in [0, 0.05) is 31.4 Å². The number of hydrogen-bond donors (Lipinski definition) is 1. The summed E-state index contributed by atoms with van der Waals surface area (Å²) in [6, 6.07) is 0. The van der Waals surface area contributed by atoms with Crippen molar-refractivity contribution in [3.8, 4) is 0 Å². The molecule has 1 aromatic rings. The minimum Gasteiger partial charge on any atom is -0.465 e. The number of anilines is 1. The Morgan fingerprint density at radius 1 is 1.24 bits per heavy atom. The Labute approximate surface area is 174 Å². The molecule has 1 saturated heterocycles. The number of rotatable bonds is 4. The van der Waals surface area contributed by atoms with Crippen LogP contribution in [0.1, 0.15) is 40.6 Å². The molecular formula is C18H25N3O6S2. The number of thiophene rings is 1. The van der Waals surface area contributed by atoms with Gasteiger partial charge in [-0.25, -0.2) is 17.5 Å². The zero-order valence-corrected chi connectivity index (χ0v) is 18.3. The normalized spacial score (nSPS) is 20.1. The van der Waals surface area contributed by atoms with E-state index in [-0.39, 0.29) is 18.4 Å². The Balaban J connectivity index is 1.84. The molecule has 0 saturated carbocycles. The Hall–Kier alpha value is -1.98. The van der Waals surface area contributed by atoms with Crippen molar-refractivity contribution in [2.45, 2.75) is 32.7 Å². The van der Waals surface area contributed by atoms with Crippen molar-refractivity contribution in [1.82, 2.24) is 9.21 Å². The van der Waals surface area contributed by atoms with Gasteiger partial charge in [-0.05, 0) is 24.8 Å². The van der Waals surface area contributed by atoms with Gasteiger partial charge in [0.1, 0.15) is 5.00 Å². The lowest BCUT2D eigenvalue weighted by Gasteiger charge is -2.30. The molecule has 2 aliphatic rings. The number of hydrogen-bond acceptors (Lipinski definition) is 7. The molecule has 11 heteroatoms. The van der Waals surface area contributed by atoms with Gasteiger partial charge in [-0.2, -0.15) is 0 Å². The van der Waals surface area contributed by atoms with Crippen molar-refractivity contribution < 1.29 is 27.5 Å². The molecule has 0 aliphatic carbocycles. The predicted octanol–water partition coefficient (Wildman–Crippen LogP) is 1.05. The zero-order valence-electron chi connectivity index (χ0n) is 16.7. The number of carbonyl (C=O) groups excluding carboxylic acids is 3. The highest BCUT2D eigenvalue weighted by molar-refractivity contribution is 7.88. The predicted molar refractivity (Wildman–Crippen MR) is 108 cm³/mol. The number of esters is 1. The topological polar surface area (TPSA) is 113 Å². The maximum atomic E-state index is 12.8. The molecule has 29 heavy (non-hydrogen) atoms. The van der Waals surface area contributed by atoms with Gasteiger partial charge in [0.2, 0.25) is 21.8 Å². The third-order valence-corrected chi connectivity index (χ3v) is 7.75. The van der Waals surface area contributed by atoms with Gasteiger partial charge in [0.15, 0.2) is 0 Å².